The molecule has 1 heterocycles. The van der Waals surface area contributed by atoms with E-state index in [2.05, 4.69) is 15.1 Å². The number of nitrogens with one attached hydrogen (secondary N) is 1. The van der Waals surface area contributed by atoms with E-state index in [9.17, 15) is 4.79 Å². The van der Waals surface area contributed by atoms with Gasteiger partial charge in [0.15, 0.2) is 0 Å². The predicted octanol–water partition coefficient (Wildman–Crippen LogP) is 0.445. The van der Waals surface area contributed by atoms with E-state index in [4.69, 9.17) is 21.4 Å². The van der Waals surface area contributed by atoms with Crippen LogP contribution in [-0.4, -0.2) is 79.8 Å². The number of hydrogen-bond donors (Lipinski definition) is 2. The Hall–Kier alpha value is -1.34. The van der Waals surface area contributed by atoms with Gasteiger partial charge in [-0.1, -0.05) is 11.6 Å². The summed E-state index contributed by atoms with van der Waals surface area (Å²) in [5, 5.41) is 12.4. The Labute approximate surface area is 142 Å². The first-order chi connectivity index (χ1) is 11.2. The van der Waals surface area contributed by atoms with E-state index in [1.54, 1.807) is 24.3 Å². The van der Waals surface area contributed by atoms with Gasteiger partial charge in [-0.3, -0.25) is 14.6 Å². The summed E-state index contributed by atoms with van der Waals surface area (Å²) in [4.78, 5) is 16.2. The maximum absolute atomic E-state index is 11.9. The van der Waals surface area contributed by atoms with Crippen molar-refractivity contribution >= 4 is 17.5 Å². The van der Waals surface area contributed by atoms with Crippen LogP contribution in [0.2, 0.25) is 5.02 Å². The van der Waals surface area contributed by atoms with Gasteiger partial charge in [0.25, 0.3) is 0 Å². The first-order valence-corrected chi connectivity index (χ1v) is 8.26. The lowest BCUT2D eigenvalue weighted by atomic mass is 10.3. The molecule has 1 aliphatic rings. The van der Waals surface area contributed by atoms with Gasteiger partial charge in [0.2, 0.25) is 5.91 Å². The molecule has 1 aliphatic heterocycles. The number of aliphatic hydroxyl groups excluding tert-OH is 1. The zero-order valence-electron chi connectivity index (χ0n) is 13.2. The molecule has 1 aromatic carbocycles. The van der Waals surface area contributed by atoms with Gasteiger partial charge in [-0.25, -0.2) is 0 Å². The highest BCUT2D eigenvalue weighted by atomic mass is 35.5. The molecule has 1 aromatic rings. The van der Waals surface area contributed by atoms with Crippen LogP contribution >= 0.6 is 11.6 Å². The highest BCUT2D eigenvalue weighted by Crippen LogP contribution is 2.15. The van der Waals surface area contributed by atoms with Crippen molar-refractivity contribution in [2.45, 2.75) is 0 Å². The maximum Gasteiger partial charge on any atom is 0.234 e. The summed E-state index contributed by atoms with van der Waals surface area (Å²) in [6.45, 7) is 5.72. The molecule has 1 fully saturated rings. The zero-order valence-corrected chi connectivity index (χ0v) is 14.0. The third kappa shape index (κ3) is 6.74. The molecule has 2 N–H and O–H groups in total. The standard InChI is InChI=1S/C16H24ClN3O3/c17-14-1-3-15(4-2-14)23-12-5-18-16(22)13-20-8-6-19(7-9-20)10-11-21/h1-4,21H,5-13H2,(H,18,22). The van der Waals surface area contributed by atoms with Crippen LogP contribution in [0.4, 0.5) is 0 Å². The van der Waals surface area contributed by atoms with E-state index in [0.29, 0.717) is 31.3 Å². The Kier molecular flexibility index (Phi) is 7.61. The Morgan fingerprint density at radius 3 is 2.48 bits per heavy atom. The average molecular weight is 342 g/mol. The fraction of sp³-hybridized carbons (Fsp3) is 0.562. The SMILES string of the molecule is O=C(CN1CCN(CCO)CC1)NCCOc1ccc(Cl)cc1. The average Bonchev–Trinajstić information content (AvgIpc) is 2.55. The van der Waals surface area contributed by atoms with Crippen molar-refractivity contribution in [3.8, 4) is 5.75 Å². The van der Waals surface area contributed by atoms with Gasteiger partial charge in [0.1, 0.15) is 12.4 Å². The van der Waals surface area contributed by atoms with E-state index < -0.39 is 0 Å². The van der Waals surface area contributed by atoms with Crippen molar-refractivity contribution in [1.82, 2.24) is 15.1 Å². The zero-order chi connectivity index (χ0) is 16.5. The lowest BCUT2D eigenvalue weighted by Gasteiger charge is -2.33. The molecule has 6 nitrogen and oxygen atoms in total. The Balaban J connectivity index is 1.56. The van der Waals surface area contributed by atoms with Gasteiger partial charge >= 0.3 is 0 Å². The molecule has 7 heteroatoms. The highest BCUT2D eigenvalue weighted by molar-refractivity contribution is 6.30. The van der Waals surface area contributed by atoms with Gasteiger partial charge in [0, 0.05) is 37.7 Å². The van der Waals surface area contributed by atoms with Crippen LogP contribution < -0.4 is 10.1 Å². The molecule has 0 aliphatic carbocycles. The van der Waals surface area contributed by atoms with Gasteiger partial charge < -0.3 is 15.2 Å². The first-order valence-electron chi connectivity index (χ1n) is 7.88. The van der Waals surface area contributed by atoms with Crippen molar-refractivity contribution in [3.05, 3.63) is 29.3 Å². The van der Waals surface area contributed by atoms with E-state index >= 15 is 0 Å². The molecule has 128 valence electrons. The van der Waals surface area contributed by atoms with Crippen molar-refractivity contribution < 1.29 is 14.6 Å². The molecule has 2 rings (SSSR count). The predicted molar refractivity (Wildman–Crippen MR) is 89.9 cm³/mol. The number of β-amino-alcohol motifs (C(OH)–C–C–N with tert-alkyl or cyclic N) is 1. The molecular weight excluding hydrogens is 318 g/mol. The molecule has 0 atom stereocenters. The van der Waals surface area contributed by atoms with Gasteiger partial charge in [-0.05, 0) is 24.3 Å². The van der Waals surface area contributed by atoms with Crippen LogP contribution in [-0.2, 0) is 4.79 Å². The van der Waals surface area contributed by atoms with Gasteiger partial charge in [-0.2, -0.15) is 0 Å². The number of piperazine rings is 1. The smallest absolute Gasteiger partial charge is 0.234 e. The minimum Gasteiger partial charge on any atom is -0.492 e. The summed E-state index contributed by atoms with van der Waals surface area (Å²) in [5.41, 5.74) is 0. The minimum atomic E-state index is 0.0142. The van der Waals surface area contributed by atoms with Crippen molar-refractivity contribution in [3.63, 3.8) is 0 Å². The summed E-state index contributed by atoms with van der Waals surface area (Å²) in [7, 11) is 0. The van der Waals surface area contributed by atoms with E-state index in [-0.39, 0.29) is 12.5 Å². The number of amides is 1. The Morgan fingerprint density at radius 1 is 1.17 bits per heavy atom. The lowest BCUT2D eigenvalue weighted by molar-refractivity contribution is -0.122. The number of carbonyl (C=O) groups is 1. The molecule has 0 unspecified atom stereocenters. The van der Waals surface area contributed by atoms with Gasteiger partial charge in [-0.15, -0.1) is 0 Å². The van der Waals surface area contributed by atoms with E-state index in [0.717, 1.165) is 31.9 Å². The molecule has 0 aromatic heterocycles. The van der Waals surface area contributed by atoms with Crippen LogP contribution in [0.25, 0.3) is 0 Å². The number of aliphatic hydroxyl groups is 1. The second-order valence-corrected chi connectivity index (χ2v) is 5.93. The molecular formula is C16H24ClN3O3. The molecule has 23 heavy (non-hydrogen) atoms. The molecule has 0 spiro atoms. The number of benzene rings is 1. The summed E-state index contributed by atoms with van der Waals surface area (Å²) in [6, 6.07) is 7.14. The lowest BCUT2D eigenvalue weighted by Crippen LogP contribution is -2.50. The monoisotopic (exact) mass is 341 g/mol. The second-order valence-electron chi connectivity index (χ2n) is 5.49. The van der Waals surface area contributed by atoms with E-state index in [1.807, 2.05) is 0 Å². The number of nitrogens with zero attached hydrogens (tertiary/aromatic N) is 2. The largest absolute Gasteiger partial charge is 0.492 e. The number of hydrogen-bond acceptors (Lipinski definition) is 5. The normalized spacial score (nSPS) is 16.3. The molecule has 1 amide bonds. The molecule has 0 saturated carbocycles. The summed E-state index contributed by atoms with van der Waals surface area (Å²) >= 11 is 5.80. The number of carbonyl (C=O) groups excluding carboxylic acids is 1. The second kappa shape index (κ2) is 9.72. The summed E-state index contributed by atoms with van der Waals surface area (Å²) in [5.74, 6) is 0.754. The number of halogens is 1. The van der Waals surface area contributed by atoms with Gasteiger partial charge in [0.05, 0.1) is 19.7 Å². The Bertz CT molecular complexity index is 476. The molecule has 1 saturated heterocycles. The van der Waals surface area contributed by atoms with Crippen molar-refractivity contribution in [2.75, 3.05) is 59.0 Å². The van der Waals surface area contributed by atoms with E-state index in [1.165, 1.54) is 0 Å². The highest BCUT2D eigenvalue weighted by Gasteiger charge is 2.18. The first kappa shape index (κ1) is 18.0. The third-order valence-corrected chi connectivity index (χ3v) is 4.01. The van der Waals surface area contributed by atoms with Crippen molar-refractivity contribution in [2.24, 2.45) is 0 Å². The van der Waals surface area contributed by atoms with Crippen LogP contribution in [0.15, 0.2) is 24.3 Å². The summed E-state index contributed by atoms with van der Waals surface area (Å²) in [6.07, 6.45) is 0. The van der Waals surface area contributed by atoms with Crippen molar-refractivity contribution in [1.29, 1.82) is 0 Å². The summed E-state index contributed by atoms with van der Waals surface area (Å²) < 4.78 is 5.53. The Morgan fingerprint density at radius 2 is 1.83 bits per heavy atom. The topological polar surface area (TPSA) is 65.0 Å². The maximum atomic E-state index is 11.9. The quantitative estimate of drug-likeness (QED) is 0.672. The van der Waals surface area contributed by atoms with Crippen LogP contribution in [0.3, 0.4) is 0 Å². The number of rotatable bonds is 8. The fourth-order valence-corrected chi connectivity index (χ4v) is 2.59. The minimum absolute atomic E-state index is 0.0142. The van der Waals surface area contributed by atoms with Crippen LogP contribution in [0.5, 0.6) is 5.75 Å². The third-order valence-electron chi connectivity index (χ3n) is 3.75. The van der Waals surface area contributed by atoms with Crippen LogP contribution in [0.1, 0.15) is 0 Å². The fourth-order valence-electron chi connectivity index (χ4n) is 2.46. The molecule has 0 bridgehead atoms. The van der Waals surface area contributed by atoms with Crippen LogP contribution in [0, 0.1) is 0 Å². The molecule has 0 radical (unpaired) electrons. The number of ether oxygens (including phenoxy) is 1.